The topological polar surface area (TPSA) is 64.1 Å². The molecule has 33 heavy (non-hydrogen) atoms. The highest BCUT2D eigenvalue weighted by atomic mass is 35.5. The van der Waals surface area contributed by atoms with Crippen LogP contribution in [-0.2, 0) is 0 Å². The summed E-state index contributed by atoms with van der Waals surface area (Å²) in [6, 6.07) is 12.3. The van der Waals surface area contributed by atoms with Crippen LogP contribution in [0.1, 0.15) is 59.0 Å². The van der Waals surface area contributed by atoms with E-state index in [-0.39, 0.29) is 34.1 Å². The van der Waals surface area contributed by atoms with Crippen molar-refractivity contribution in [3.63, 3.8) is 0 Å². The van der Waals surface area contributed by atoms with Crippen LogP contribution in [0.5, 0.6) is 11.5 Å². The largest absolute Gasteiger partial charge is 0.455 e. The summed E-state index contributed by atoms with van der Waals surface area (Å²) < 4.78 is 20.8. The highest BCUT2D eigenvalue weighted by Crippen LogP contribution is 2.41. The van der Waals surface area contributed by atoms with E-state index in [1.165, 1.54) is 23.9 Å². The number of carbonyl (C=O) groups is 1. The van der Waals surface area contributed by atoms with Crippen LogP contribution in [0.15, 0.2) is 55.2 Å². The van der Waals surface area contributed by atoms with Crippen molar-refractivity contribution in [1.82, 2.24) is 15.5 Å². The van der Waals surface area contributed by atoms with Gasteiger partial charge >= 0.3 is 0 Å². The van der Waals surface area contributed by atoms with E-state index in [9.17, 15) is 9.18 Å². The summed E-state index contributed by atoms with van der Waals surface area (Å²) in [7, 11) is 0. The predicted molar refractivity (Wildman–Crippen MR) is 128 cm³/mol. The minimum absolute atomic E-state index is 0.142. The summed E-state index contributed by atoms with van der Waals surface area (Å²) in [4.78, 5) is 13.1. The Bertz CT molecular complexity index is 1210. The molecule has 0 aliphatic heterocycles. The second-order valence-corrected chi connectivity index (χ2v) is 8.85. The van der Waals surface area contributed by atoms with E-state index in [0.717, 1.165) is 12.8 Å². The molecule has 0 saturated heterocycles. The number of hydrogen-bond donors (Lipinski definition) is 1. The van der Waals surface area contributed by atoms with Gasteiger partial charge in [0.25, 0.3) is 5.91 Å². The second-order valence-electron chi connectivity index (χ2n) is 8.00. The molecule has 1 aliphatic carbocycles. The van der Waals surface area contributed by atoms with E-state index in [4.69, 9.17) is 27.9 Å². The minimum atomic E-state index is -1.53. The van der Waals surface area contributed by atoms with Crippen LogP contribution in [0.2, 0.25) is 10.0 Å². The fraction of sp³-hybridized carbons (Fsp3) is 0.240. The third kappa shape index (κ3) is 5.52. The van der Waals surface area contributed by atoms with Crippen molar-refractivity contribution in [2.24, 2.45) is 0 Å². The molecule has 1 unspecified atom stereocenters. The summed E-state index contributed by atoms with van der Waals surface area (Å²) in [5, 5.41) is 11.2. The lowest BCUT2D eigenvalue weighted by molar-refractivity contribution is 0.0938. The van der Waals surface area contributed by atoms with E-state index in [2.05, 4.69) is 28.2 Å². The molecule has 5 nitrogen and oxygen atoms in total. The van der Waals surface area contributed by atoms with Crippen LogP contribution in [-0.4, -0.2) is 22.6 Å². The Balaban J connectivity index is 1.56. The molecule has 1 aromatic heterocycles. The van der Waals surface area contributed by atoms with Crippen LogP contribution < -0.4 is 10.1 Å². The fourth-order valence-corrected chi connectivity index (χ4v) is 4.00. The quantitative estimate of drug-likeness (QED) is 0.375. The maximum atomic E-state index is 14.8. The van der Waals surface area contributed by atoms with E-state index < -0.39 is 12.1 Å². The van der Waals surface area contributed by atoms with Crippen molar-refractivity contribution >= 4 is 34.7 Å². The van der Waals surface area contributed by atoms with Gasteiger partial charge in [0.1, 0.15) is 23.2 Å². The molecule has 1 amide bonds. The number of amides is 1. The van der Waals surface area contributed by atoms with E-state index in [0.29, 0.717) is 22.3 Å². The Morgan fingerprint density at radius 3 is 2.76 bits per heavy atom. The van der Waals surface area contributed by atoms with Gasteiger partial charge in [0.2, 0.25) is 0 Å². The number of rotatable bonds is 8. The number of nitrogens with one attached hydrogen (secondary N) is 1. The first kappa shape index (κ1) is 23.2. The summed E-state index contributed by atoms with van der Waals surface area (Å²) in [6.45, 7) is 5.30. The highest BCUT2D eigenvalue weighted by Gasteiger charge is 2.25. The van der Waals surface area contributed by atoms with Gasteiger partial charge in [-0.05, 0) is 61.1 Å². The molecular weight excluding hydrogens is 464 g/mol. The summed E-state index contributed by atoms with van der Waals surface area (Å²) in [5.41, 5.74) is 2.39. The van der Waals surface area contributed by atoms with Crippen molar-refractivity contribution in [2.75, 3.05) is 6.54 Å². The lowest BCUT2D eigenvalue weighted by Gasteiger charge is -2.16. The number of alkyl halides is 1. The number of carbonyl (C=O) groups excluding carboxylic acids is 1. The van der Waals surface area contributed by atoms with Gasteiger partial charge in [-0.2, -0.15) is 5.10 Å². The molecule has 1 fully saturated rings. The van der Waals surface area contributed by atoms with Gasteiger partial charge < -0.3 is 10.1 Å². The highest BCUT2D eigenvalue weighted by molar-refractivity contribution is 6.35. The third-order valence-electron chi connectivity index (χ3n) is 5.32. The summed E-state index contributed by atoms with van der Waals surface area (Å²) in [5.74, 6) is 0.807. The molecule has 8 heteroatoms. The van der Waals surface area contributed by atoms with Gasteiger partial charge in [-0.25, -0.2) is 4.39 Å². The Morgan fingerprint density at radius 1 is 1.27 bits per heavy atom. The zero-order valence-electron chi connectivity index (χ0n) is 17.9. The molecule has 1 aliphatic rings. The molecular formula is C25H22Cl2FN3O2. The van der Waals surface area contributed by atoms with Crippen LogP contribution in [0, 0.1) is 0 Å². The Labute approximate surface area is 201 Å². The zero-order chi connectivity index (χ0) is 23.5. The van der Waals surface area contributed by atoms with Crippen LogP contribution in [0.25, 0.3) is 5.57 Å². The van der Waals surface area contributed by atoms with Gasteiger partial charge in [-0.1, -0.05) is 48.0 Å². The molecule has 1 atom stereocenters. The number of aromatic nitrogens is 2. The third-order valence-corrected chi connectivity index (χ3v) is 5.89. The first-order valence-corrected chi connectivity index (χ1v) is 11.3. The van der Waals surface area contributed by atoms with Crippen molar-refractivity contribution in [3.05, 3.63) is 87.7 Å². The number of benzene rings is 2. The van der Waals surface area contributed by atoms with Crippen molar-refractivity contribution in [1.29, 1.82) is 0 Å². The Hall–Kier alpha value is -2.96. The number of ether oxygens (including phenoxy) is 1. The average Bonchev–Trinajstić information content (AvgIpc) is 3.63. The molecule has 2 aromatic carbocycles. The van der Waals surface area contributed by atoms with Gasteiger partial charge in [0.15, 0.2) is 5.75 Å². The summed E-state index contributed by atoms with van der Waals surface area (Å²) >= 11 is 12.0. The predicted octanol–water partition coefficient (Wildman–Crippen LogP) is 6.93. The Kier molecular flexibility index (Phi) is 6.96. The number of allylic oxidation sites excluding steroid dienone is 1. The molecule has 4 rings (SSSR count). The maximum absolute atomic E-state index is 14.8. The second kappa shape index (κ2) is 9.89. The van der Waals surface area contributed by atoms with Gasteiger partial charge in [0.05, 0.1) is 12.7 Å². The number of hydrogen-bond acceptors (Lipinski definition) is 4. The SMILES string of the molecule is C=C(C)c1nncc(Oc2cccc(C3CC3)c2)c1C(=O)NCC(F)c1ccc(Cl)cc1Cl. The molecule has 3 aromatic rings. The molecule has 0 radical (unpaired) electrons. The fourth-order valence-electron chi connectivity index (χ4n) is 3.48. The maximum Gasteiger partial charge on any atom is 0.257 e. The zero-order valence-corrected chi connectivity index (χ0v) is 19.5. The summed E-state index contributed by atoms with van der Waals surface area (Å²) in [6.07, 6.45) is 2.17. The van der Waals surface area contributed by atoms with Crippen LogP contribution in [0.3, 0.4) is 0 Å². The minimum Gasteiger partial charge on any atom is -0.455 e. The standard InChI is InChI=1S/C25H22Cl2FN3O2/c1-14(2)24-23(25(32)29-12-21(28)19-9-8-17(26)11-20(19)27)22(13-30-31-24)33-18-5-3-4-16(10-18)15-6-7-15/h3-5,8-11,13,15,21H,1,6-7,12H2,2H3,(H,29,32). The van der Waals surface area contributed by atoms with Gasteiger partial charge in [-0.3, -0.25) is 4.79 Å². The first-order chi connectivity index (χ1) is 15.8. The molecule has 0 bridgehead atoms. The molecule has 170 valence electrons. The van der Waals surface area contributed by atoms with Crippen molar-refractivity contribution in [3.8, 4) is 11.5 Å². The monoisotopic (exact) mass is 485 g/mol. The average molecular weight is 486 g/mol. The normalized spacial score (nSPS) is 13.9. The van der Waals surface area contributed by atoms with Crippen LogP contribution in [0.4, 0.5) is 4.39 Å². The number of nitrogens with zero attached hydrogens (tertiary/aromatic N) is 2. The molecule has 0 spiro atoms. The lowest BCUT2D eigenvalue weighted by Crippen LogP contribution is -2.29. The first-order valence-electron chi connectivity index (χ1n) is 10.5. The van der Waals surface area contributed by atoms with Crippen LogP contribution >= 0.6 is 23.2 Å². The molecule has 1 saturated carbocycles. The molecule has 1 N–H and O–H groups in total. The van der Waals surface area contributed by atoms with Gasteiger partial charge in [0, 0.05) is 15.6 Å². The van der Waals surface area contributed by atoms with Crippen molar-refractivity contribution < 1.29 is 13.9 Å². The van der Waals surface area contributed by atoms with Gasteiger partial charge in [-0.15, -0.1) is 5.10 Å². The smallest absolute Gasteiger partial charge is 0.257 e. The van der Waals surface area contributed by atoms with E-state index >= 15 is 0 Å². The van der Waals surface area contributed by atoms with E-state index in [1.807, 2.05) is 18.2 Å². The number of halogens is 3. The Morgan fingerprint density at radius 2 is 2.06 bits per heavy atom. The van der Waals surface area contributed by atoms with E-state index in [1.54, 1.807) is 13.0 Å². The van der Waals surface area contributed by atoms with Crippen molar-refractivity contribution in [2.45, 2.75) is 31.9 Å². The lowest BCUT2D eigenvalue weighted by atomic mass is 10.1. The molecule has 1 heterocycles.